The number of quaternary nitrogens is 1. The van der Waals surface area contributed by atoms with Gasteiger partial charge in [-0.05, 0) is 36.4 Å². The minimum Gasteiger partial charge on any atom is -0.496 e. The molecular weight excluding hydrogens is 354 g/mol. The van der Waals surface area contributed by atoms with E-state index in [1.54, 1.807) is 27.6 Å². The monoisotopic (exact) mass is 382 g/mol. The van der Waals surface area contributed by atoms with E-state index in [9.17, 15) is 0 Å². The minimum atomic E-state index is 0.160. The van der Waals surface area contributed by atoms with Gasteiger partial charge in [-0.3, -0.25) is 0 Å². The maximum Gasteiger partial charge on any atom is 0.161 e. The fraction of sp³-hybridized carbons (Fsp3) is 0.304. The van der Waals surface area contributed by atoms with Gasteiger partial charge in [-0.2, -0.15) is 0 Å². The number of rotatable bonds is 10. The standard InChI is InChI=1S/C23H27NO4/c1-25-20-8-5-4-7-18(20)19(21-9-6-14-28-21)12-13-24-16-17-10-11-22(26-2)23(15-17)27-3/h4-11,14-15,19,24H,12-13,16H2,1-3H3/p+1/t19-/m0/s1. The summed E-state index contributed by atoms with van der Waals surface area (Å²) in [5.41, 5.74) is 2.35. The lowest BCUT2D eigenvalue weighted by atomic mass is 9.92. The van der Waals surface area contributed by atoms with Crippen molar-refractivity contribution < 1.29 is 23.9 Å². The van der Waals surface area contributed by atoms with E-state index in [0.29, 0.717) is 0 Å². The third kappa shape index (κ3) is 4.67. The van der Waals surface area contributed by atoms with E-state index < -0.39 is 0 Å². The second kappa shape index (κ2) is 9.85. The van der Waals surface area contributed by atoms with E-state index in [0.717, 1.165) is 48.1 Å². The molecule has 0 aliphatic carbocycles. The third-order valence-electron chi connectivity index (χ3n) is 4.89. The summed E-state index contributed by atoms with van der Waals surface area (Å²) in [6.45, 7) is 1.83. The number of para-hydroxylation sites is 1. The van der Waals surface area contributed by atoms with Crippen LogP contribution in [0.4, 0.5) is 0 Å². The molecule has 5 nitrogen and oxygen atoms in total. The number of ether oxygens (including phenoxy) is 3. The van der Waals surface area contributed by atoms with Crippen molar-refractivity contribution in [1.29, 1.82) is 0 Å². The summed E-state index contributed by atoms with van der Waals surface area (Å²) < 4.78 is 22.0. The van der Waals surface area contributed by atoms with Crippen LogP contribution in [0.5, 0.6) is 17.2 Å². The van der Waals surface area contributed by atoms with Crippen LogP contribution >= 0.6 is 0 Å². The van der Waals surface area contributed by atoms with Crippen LogP contribution in [-0.2, 0) is 6.54 Å². The summed E-state index contributed by atoms with van der Waals surface area (Å²) in [6, 6.07) is 18.2. The van der Waals surface area contributed by atoms with Crippen LogP contribution in [0.3, 0.4) is 0 Å². The highest BCUT2D eigenvalue weighted by Gasteiger charge is 2.21. The predicted octanol–water partition coefficient (Wildman–Crippen LogP) is 3.59. The van der Waals surface area contributed by atoms with Crippen LogP contribution in [0.1, 0.15) is 29.2 Å². The SMILES string of the molecule is COc1ccc(C[NH2+]CC[C@H](c2ccco2)c2ccccc2OC)cc1OC. The lowest BCUT2D eigenvalue weighted by molar-refractivity contribution is -0.671. The van der Waals surface area contributed by atoms with Crippen molar-refractivity contribution in [2.24, 2.45) is 0 Å². The molecule has 0 saturated carbocycles. The van der Waals surface area contributed by atoms with Crippen LogP contribution in [0.25, 0.3) is 0 Å². The molecule has 28 heavy (non-hydrogen) atoms. The summed E-state index contributed by atoms with van der Waals surface area (Å²) in [7, 11) is 5.02. The van der Waals surface area contributed by atoms with Crippen molar-refractivity contribution in [2.75, 3.05) is 27.9 Å². The highest BCUT2D eigenvalue weighted by Crippen LogP contribution is 2.34. The molecule has 1 aromatic heterocycles. The number of hydrogen-bond acceptors (Lipinski definition) is 4. The van der Waals surface area contributed by atoms with Gasteiger partial charge in [0.1, 0.15) is 18.1 Å². The van der Waals surface area contributed by atoms with Crippen LogP contribution in [0, 0.1) is 0 Å². The zero-order valence-electron chi connectivity index (χ0n) is 16.7. The van der Waals surface area contributed by atoms with E-state index in [4.69, 9.17) is 18.6 Å². The molecule has 0 fully saturated rings. The van der Waals surface area contributed by atoms with Gasteiger partial charge in [0.25, 0.3) is 0 Å². The molecule has 0 bridgehead atoms. The molecule has 148 valence electrons. The summed E-state index contributed by atoms with van der Waals surface area (Å²) in [5, 5.41) is 2.30. The smallest absolute Gasteiger partial charge is 0.161 e. The van der Waals surface area contributed by atoms with Crippen molar-refractivity contribution >= 4 is 0 Å². The van der Waals surface area contributed by atoms with Crippen molar-refractivity contribution in [2.45, 2.75) is 18.9 Å². The Morgan fingerprint density at radius 3 is 2.36 bits per heavy atom. The highest BCUT2D eigenvalue weighted by atomic mass is 16.5. The summed E-state index contributed by atoms with van der Waals surface area (Å²) in [4.78, 5) is 0. The number of nitrogens with two attached hydrogens (primary N) is 1. The lowest BCUT2D eigenvalue weighted by Gasteiger charge is -2.17. The maximum atomic E-state index is 5.72. The first kappa shape index (κ1) is 19.8. The van der Waals surface area contributed by atoms with Crippen LogP contribution in [0.2, 0.25) is 0 Å². The van der Waals surface area contributed by atoms with Gasteiger partial charge in [-0.1, -0.05) is 18.2 Å². The Balaban J connectivity index is 1.65. The van der Waals surface area contributed by atoms with Crippen molar-refractivity contribution in [3.8, 4) is 17.2 Å². The third-order valence-corrected chi connectivity index (χ3v) is 4.89. The maximum absolute atomic E-state index is 5.72. The predicted molar refractivity (Wildman–Crippen MR) is 108 cm³/mol. The molecule has 1 atom stereocenters. The molecule has 2 N–H and O–H groups in total. The van der Waals surface area contributed by atoms with Crippen molar-refractivity contribution in [1.82, 2.24) is 0 Å². The number of benzene rings is 2. The van der Waals surface area contributed by atoms with Crippen molar-refractivity contribution in [3.05, 3.63) is 77.7 Å². The Kier molecular flexibility index (Phi) is 6.98. The molecule has 0 aliphatic heterocycles. The first-order valence-corrected chi connectivity index (χ1v) is 9.45. The summed E-state index contributed by atoms with van der Waals surface area (Å²) in [6.07, 6.45) is 2.67. The summed E-state index contributed by atoms with van der Waals surface area (Å²) in [5.74, 6) is 3.52. The Bertz CT molecular complexity index is 861. The van der Waals surface area contributed by atoms with Gasteiger partial charge < -0.3 is 23.9 Å². The van der Waals surface area contributed by atoms with Crippen LogP contribution in [-0.4, -0.2) is 27.9 Å². The van der Waals surface area contributed by atoms with Crippen LogP contribution < -0.4 is 19.5 Å². The van der Waals surface area contributed by atoms with Gasteiger partial charge in [0.2, 0.25) is 0 Å². The fourth-order valence-electron chi connectivity index (χ4n) is 3.46. The minimum absolute atomic E-state index is 0.160. The number of hydrogen-bond donors (Lipinski definition) is 1. The largest absolute Gasteiger partial charge is 0.496 e. The zero-order chi connectivity index (χ0) is 19.8. The molecule has 0 amide bonds. The zero-order valence-corrected chi connectivity index (χ0v) is 16.7. The second-order valence-electron chi connectivity index (χ2n) is 6.57. The molecular formula is C23H28NO4+. The Morgan fingerprint density at radius 1 is 0.857 bits per heavy atom. The first-order valence-electron chi connectivity index (χ1n) is 9.45. The molecule has 0 unspecified atom stereocenters. The molecule has 0 spiro atoms. The number of methoxy groups -OCH3 is 3. The lowest BCUT2D eigenvalue weighted by Crippen LogP contribution is -2.82. The molecule has 5 heteroatoms. The second-order valence-corrected chi connectivity index (χ2v) is 6.57. The van der Waals surface area contributed by atoms with E-state index in [1.165, 1.54) is 5.56 Å². The molecule has 0 saturated heterocycles. The average Bonchev–Trinajstić information content (AvgIpc) is 3.28. The van der Waals surface area contributed by atoms with E-state index in [1.807, 2.05) is 42.5 Å². The first-order chi connectivity index (χ1) is 13.8. The van der Waals surface area contributed by atoms with Gasteiger partial charge in [0.05, 0.1) is 40.1 Å². The van der Waals surface area contributed by atoms with E-state index in [-0.39, 0.29) is 5.92 Å². The molecule has 2 aromatic carbocycles. The van der Waals surface area contributed by atoms with Crippen LogP contribution in [0.15, 0.2) is 65.3 Å². The summed E-state index contributed by atoms with van der Waals surface area (Å²) >= 11 is 0. The van der Waals surface area contributed by atoms with Gasteiger partial charge in [-0.15, -0.1) is 0 Å². The van der Waals surface area contributed by atoms with Gasteiger partial charge in [0, 0.05) is 17.5 Å². The molecule has 3 rings (SSSR count). The quantitative estimate of drug-likeness (QED) is 0.545. The molecule has 0 aliphatic rings. The molecule has 1 heterocycles. The van der Waals surface area contributed by atoms with Crippen molar-refractivity contribution in [3.63, 3.8) is 0 Å². The normalized spacial score (nSPS) is 11.8. The highest BCUT2D eigenvalue weighted by molar-refractivity contribution is 5.42. The van der Waals surface area contributed by atoms with Gasteiger partial charge >= 0.3 is 0 Å². The van der Waals surface area contributed by atoms with E-state index >= 15 is 0 Å². The average molecular weight is 382 g/mol. The Hall–Kier alpha value is -2.92. The Morgan fingerprint density at radius 2 is 1.64 bits per heavy atom. The van der Waals surface area contributed by atoms with E-state index in [2.05, 4.69) is 17.4 Å². The topological polar surface area (TPSA) is 57.4 Å². The Labute approximate surface area is 166 Å². The van der Waals surface area contributed by atoms with Gasteiger partial charge in [-0.25, -0.2) is 0 Å². The number of furan rings is 1. The molecule has 0 radical (unpaired) electrons. The molecule has 3 aromatic rings. The fourth-order valence-corrected chi connectivity index (χ4v) is 3.46. The van der Waals surface area contributed by atoms with Gasteiger partial charge in [0.15, 0.2) is 11.5 Å².